The molecule has 0 aliphatic heterocycles. The van der Waals surface area contributed by atoms with Gasteiger partial charge in [-0.3, -0.25) is 9.59 Å². The van der Waals surface area contributed by atoms with Crippen molar-refractivity contribution in [3.05, 3.63) is 69.6 Å². The number of nitrogens with zero attached hydrogens (tertiary/aromatic N) is 3. The number of benzene rings is 1. The highest BCUT2D eigenvalue weighted by atomic mass is 32.1. The van der Waals surface area contributed by atoms with Crippen LogP contribution in [0, 0.1) is 0 Å². The lowest BCUT2D eigenvalue weighted by molar-refractivity contribution is -0.122. The molecule has 4 rings (SSSR count). The predicted octanol–water partition coefficient (Wildman–Crippen LogP) is 2.56. The lowest BCUT2D eigenvalue weighted by atomic mass is 10.2. The van der Waals surface area contributed by atoms with Crippen LogP contribution in [0.4, 0.5) is 0 Å². The summed E-state index contributed by atoms with van der Waals surface area (Å²) in [4.78, 5) is 28.6. The molecule has 2 aromatic heterocycles. The molecule has 1 aliphatic rings. The van der Waals surface area contributed by atoms with E-state index in [4.69, 9.17) is 0 Å². The molecule has 0 unspecified atom stereocenters. The monoisotopic (exact) mass is 366 g/mol. The van der Waals surface area contributed by atoms with E-state index in [1.807, 2.05) is 35.7 Å². The molecular weight excluding hydrogens is 348 g/mol. The molecule has 132 valence electrons. The molecule has 0 saturated heterocycles. The van der Waals surface area contributed by atoms with E-state index >= 15 is 0 Å². The first-order valence-corrected chi connectivity index (χ1v) is 9.41. The molecule has 1 saturated carbocycles. The van der Waals surface area contributed by atoms with E-state index in [-0.39, 0.29) is 18.0 Å². The Morgan fingerprint density at radius 2 is 2.00 bits per heavy atom. The maximum atomic E-state index is 12.2. The zero-order chi connectivity index (χ0) is 17.9. The highest BCUT2D eigenvalue weighted by Gasteiger charge is 2.25. The van der Waals surface area contributed by atoms with Crippen molar-refractivity contribution in [3.8, 4) is 10.6 Å². The second-order valence-corrected chi connectivity index (χ2v) is 7.17. The summed E-state index contributed by atoms with van der Waals surface area (Å²) < 4.78 is 1.24. The molecule has 1 aromatic carbocycles. The number of hydrogen-bond acceptors (Lipinski definition) is 5. The lowest BCUT2D eigenvalue weighted by Crippen LogP contribution is -2.33. The largest absolute Gasteiger partial charge is 0.349 e. The van der Waals surface area contributed by atoms with E-state index < -0.39 is 0 Å². The fraction of sp³-hybridized carbons (Fsp3) is 0.263. The maximum Gasteiger partial charge on any atom is 0.267 e. The van der Waals surface area contributed by atoms with Gasteiger partial charge in [0.2, 0.25) is 5.91 Å². The first-order valence-electron chi connectivity index (χ1n) is 8.53. The van der Waals surface area contributed by atoms with Crippen LogP contribution in [0.25, 0.3) is 10.6 Å². The summed E-state index contributed by atoms with van der Waals surface area (Å²) in [6, 6.07) is 13.2. The normalized spacial score (nSPS) is 13.5. The molecule has 7 heteroatoms. The molecule has 1 fully saturated rings. The molecule has 6 nitrogen and oxygen atoms in total. The van der Waals surface area contributed by atoms with E-state index in [2.05, 4.69) is 15.4 Å². The average Bonchev–Trinajstić information content (AvgIpc) is 3.40. The van der Waals surface area contributed by atoms with Crippen LogP contribution in [0.15, 0.2) is 52.6 Å². The van der Waals surface area contributed by atoms with Crippen molar-refractivity contribution in [3.63, 3.8) is 0 Å². The van der Waals surface area contributed by atoms with Crippen LogP contribution < -0.4 is 10.9 Å². The third kappa shape index (κ3) is 3.88. The molecule has 1 amide bonds. The molecule has 0 radical (unpaired) electrons. The zero-order valence-electron chi connectivity index (χ0n) is 14.1. The molecule has 3 aromatic rings. The second kappa shape index (κ2) is 7.21. The molecule has 0 bridgehead atoms. The molecule has 1 aliphatic carbocycles. The van der Waals surface area contributed by atoms with Gasteiger partial charge >= 0.3 is 0 Å². The quantitative estimate of drug-likeness (QED) is 0.727. The lowest BCUT2D eigenvalue weighted by Gasteiger charge is -2.07. The van der Waals surface area contributed by atoms with Crippen LogP contribution in [-0.4, -0.2) is 20.7 Å². The van der Waals surface area contributed by atoms with Crippen LogP contribution in [0.5, 0.6) is 0 Å². The number of aromatic nitrogens is 3. The Morgan fingerprint density at radius 3 is 2.77 bits per heavy atom. The Kier molecular flexibility index (Phi) is 4.62. The van der Waals surface area contributed by atoms with Crippen molar-refractivity contribution in [1.29, 1.82) is 0 Å². The van der Waals surface area contributed by atoms with Gasteiger partial charge in [-0.1, -0.05) is 30.3 Å². The van der Waals surface area contributed by atoms with Crippen LogP contribution in [0.1, 0.15) is 30.1 Å². The van der Waals surface area contributed by atoms with Crippen molar-refractivity contribution in [2.75, 3.05) is 0 Å². The second-order valence-electron chi connectivity index (χ2n) is 6.32. The summed E-state index contributed by atoms with van der Waals surface area (Å²) in [5.41, 5.74) is 2.49. The van der Waals surface area contributed by atoms with Crippen LogP contribution in [-0.2, 0) is 17.9 Å². The minimum Gasteiger partial charge on any atom is -0.349 e. The van der Waals surface area contributed by atoms with Gasteiger partial charge in [-0.15, -0.1) is 11.3 Å². The van der Waals surface area contributed by atoms with Crippen LogP contribution in [0.2, 0.25) is 0 Å². The van der Waals surface area contributed by atoms with Gasteiger partial charge < -0.3 is 5.32 Å². The number of rotatable bonds is 6. The smallest absolute Gasteiger partial charge is 0.267 e. The first kappa shape index (κ1) is 16.7. The number of carbonyl (C=O) groups is 1. The van der Waals surface area contributed by atoms with Crippen molar-refractivity contribution < 1.29 is 4.79 Å². The number of carbonyl (C=O) groups excluding carboxylic acids is 1. The highest BCUT2D eigenvalue weighted by Crippen LogP contribution is 2.38. The van der Waals surface area contributed by atoms with E-state index in [9.17, 15) is 9.59 Å². The van der Waals surface area contributed by atoms with Crippen LogP contribution in [0.3, 0.4) is 0 Å². The van der Waals surface area contributed by atoms with Gasteiger partial charge in [0.05, 0.1) is 17.9 Å². The molecule has 2 heterocycles. The van der Waals surface area contributed by atoms with E-state index in [1.165, 1.54) is 10.7 Å². The third-order valence-electron chi connectivity index (χ3n) is 4.22. The number of nitrogens with one attached hydrogen (secondary N) is 1. The van der Waals surface area contributed by atoms with Crippen LogP contribution >= 0.6 is 11.3 Å². The Balaban J connectivity index is 1.37. The summed E-state index contributed by atoms with van der Waals surface area (Å²) >= 11 is 1.54. The SMILES string of the molecule is O=C(Cn1nc(C2CC2)ccc1=O)NCc1csc(-c2ccccc2)n1. The zero-order valence-corrected chi connectivity index (χ0v) is 14.9. The van der Waals surface area contributed by atoms with Crippen molar-refractivity contribution in [1.82, 2.24) is 20.1 Å². The van der Waals surface area contributed by atoms with Gasteiger partial charge in [0.1, 0.15) is 11.6 Å². The summed E-state index contributed by atoms with van der Waals surface area (Å²) in [6.07, 6.45) is 2.20. The number of thiazole rings is 1. The standard InChI is InChI=1S/C19H18N4O2S/c24-17(11-23-18(25)9-8-16(22-23)13-6-7-13)20-10-15-12-26-19(21-15)14-4-2-1-3-5-14/h1-5,8-9,12-13H,6-7,10-11H2,(H,20,24). The number of hydrogen-bond donors (Lipinski definition) is 1. The summed E-state index contributed by atoms with van der Waals surface area (Å²) in [5, 5.41) is 9.96. The van der Waals surface area contributed by atoms with E-state index in [0.29, 0.717) is 12.5 Å². The molecule has 0 spiro atoms. The molecular formula is C19H18N4O2S. The Labute approximate surface area is 154 Å². The Hall–Kier alpha value is -2.80. The van der Waals surface area contributed by atoms with Crippen molar-refractivity contribution in [2.45, 2.75) is 31.8 Å². The van der Waals surface area contributed by atoms with Gasteiger partial charge in [-0.25, -0.2) is 9.67 Å². The minimum atomic E-state index is -0.260. The van der Waals surface area contributed by atoms with Crippen molar-refractivity contribution >= 4 is 17.2 Å². The average molecular weight is 366 g/mol. The summed E-state index contributed by atoms with van der Waals surface area (Å²) in [7, 11) is 0. The fourth-order valence-electron chi connectivity index (χ4n) is 2.66. The maximum absolute atomic E-state index is 12.2. The summed E-state index contributed by atoms with van der Waals surface area (Å²) in [5.74, 6) is 0.193. The summed E-state index contributed by atoms with van der Waals surface area (Å²) in [6.45, 7) is 0.258. The minimum absolute atomic E-state index is 0.0743. The van der Waals surface area contributed by atoms with E-state index in [0.717, 1.165) is 34.8 Å². The molecule has 26 heavy (non-hydrogen) atoms. The predicted molar refractivity (Wildman–Crippen MR) is 99.9 cm³/mol. The van der Waals surface area contributed by atoms with Crippen molar-refractivity contribution in [2.24, 2.45) is 0 Å². The van der Waals surface area contributed by atoms with Gasteiger partial charge in [0.15, 0.2) is 0 Å². The topological polar surface area (TPSA) is 76.9 Å². The highest BCUT2D eigenvalue weighted by molar-refractivity contribution is 7.13. The number of amides is 1. The Morgan fingerprint density at radius 1 is 1.19 bits per heavy atom. The fourth-order valence-corrected chi connectivity index (χ4v) is 3.48. The van der Waals surface area contributed by atoms with Gasteiger partial charge in [0.25, 0.3) is 5.56 Å². The molecule has 1 N–H and O–H groups in total. The van der Waals surface area contributed by atoms with Gasteiger partial charge in [-0.05, 0) is 18.9 Å². The van der Waals surface area contributed by atoms with E-state index in [1.54, 1.807) is 17.4 Å². The third-order valence-corrected chi connectivity index (χ3v) is 5.16. The van der Waals surface area contributed by atoms with Gasteiger partial charge in [0, 0.05) is 22.9 Å². The first-order chi connectivity index (χ1) is 12.7. The molecule has 0 atom stereocenters. The van der Waals surface area contributed by atoms with Gasteiger partial charge in [-0.2, -0.15) is 5.10 Å². The Bertz CT molecular complexity index is 976.